The zero-order chi connectivity index (χ0) is 34.1. The monoisotopic (exact) mass is 697 g/mol. The third kappa shape index (κ3) is 6.23. The van der Waals surface area contributed by atoms with Gasteiger partial charge in [-0.15, -0.1) is 11.3 Å². The van der Waals surface area contributed by atoms with Gasteiger partial charge in [0.25, 0.3) is 0 Å². The molecule has 7 rings (SSSR count). The van der Waals surface area contributed by atoms with Gasteiger partial charge in [0.2, 0.25) is 11.8 Å². The van der Waals surface area contributed by atoms with Crippen molar-refractivity contribution in [3.05, 3.63) is 47.4 Å². The molecule has 4 aromatic rings. The van der Waals surface area contributed by atoms with Gasteiger partial charge in [-0.1, -0.05) is 18.2 Å². The van der Waals surface area contributed by atoms with Crippen LogP contribution in [-0.4, -0.2) is 95.5 Å². The molecule has 252 valence electrons. The first-order valence-electron chi connectivity index (χ1n) is 15.5. The van der Waals surface area contributed by atoms with Crippen LogP contribution in [0.3, 0.4) is 0 Å². The Morgan fingerprint density at radius 2 is 2.10 bits per heavy atom. The number of alkyl halides is 1. The van der Waals surface area contributed by atoms with Crippen LogP contribution in [0, 0.1) is 17.1 Å². The SMILES string of the molecule is C=CC(=O)N1CCC(Oc2nc(OC)nc3c(Cl)c(-c4ccc(F)c5sc(N)c(C#N)c45)ncc23)C1COC.FC1CC2CCCN2C1. The second-order valence-corrected chi connectivity index (χ2v) is 13.2. The highest BCUT2D eigenvalue weighted by Crippen LogP contribution is 2.44. The number of nitrogens with zero attached hydrogens (tertiary/aromatic N) is 6. The number of fused-ring (bicyclic) bond motifs is 3. The van der Waals surface area contributed by atoms with E-state index in [4.69, 9.17) is 31.5 Å². The molecule has 3 fully saturated rings. The van der Waals surface area contributed by atoms with Crippen LogP contribution in [0.4, 0.5) is 13.8 Å². The van der Waals surface area contributed by atoms with E-state index in [0.29, 0.717) is 41.9 Å². The molecule has 3 aromatic heterocycles. The smallest absolute Gasteiger partial charge is 0.320 e. The number of carbonyl (C=O) groups is 1. The summed E-state index contributed by atoms with van der Waals surface area (Å²) in [6, 6.07) is 5.06. The number of hydrogen-bond acceptors (Lipinski definition) is 11. The van der Waals surface area contributed by atoms with Gasteiger partial charge in [-0.3, -0.25) is 14.7 Å². The van der Waals surface area contributed by atoms with E-state index in [1.165, 1.54) is 44.4 Å². The highest BCUT2D eigenvalue weighted by Gasteiger charge is 2.39. The number of benzene rings is 1. The maximum Gasteiger partial charge on any atom is 0.320 e. The third-order valence-electron chi connectivity index (χ3n) is 9.00. The van der Waals surface area contributed by atoms with Crippen molar-refractivity contribution in [2.24, 2.45) is 0 Å². The summed E-state index contributed by atoms with van der Waals surface area (Å²) in [5.74, 6) is -0.563. The molecule has 48 heavy (non-hydrogen) atoms. The molecular weight excluding hydrogens is 664 g/mol. The van der Waals surface area contributed by atoms with Gasteiger partial charge in [0.05, 0.1) is 46.1 Å². The predicted molar refractivity (Wildman–Crippen MR) is 180 cm³/mol. The Hall–Kier alpha value is -4.16. The van der Waals surface area contributed by atoms with Crippen LogP contribution in [0.2, 0.25) is 5.02 Å². The summed E-state index contributed by atoms with van der Waals surface area (Å²) in [6.45, 7) is 6.14. The summed E-state index contributed by atoms with van der Waals surface area (Å²) in [5, 5.41) is 10.7. The summed E-state index contributed by atoms with van der Waals surface area (Å²) in [7, 11) is 2.96. The number of halogens is 3. The lowest BCUT2D eigenvalue weighted by atomic mass is 10.0. The van der Waals surface area contributed by atoms with Gasteiger partial charge >= 0.3 is 6.01 Å². The van der Waals surface area contributed by atoms with E-state index in [9.17, 15) is 18.8 Å². The molecule has 3 aliphatic heterocycles. The topological polar surface area (TPSA) is 140 Å². The quantitative estimate of drug-likeness (QED) is 0.245. The van der Waals surface area contributed by atoms with Crippen molar-refractivity contribution in [2.45, 2.75) is 50.0 Å². The highest BCUT2D eigenvalue weighted by molar-refractivity contribution is 7.23. The van der Waals surface area contributed by atoms with Crippen LogP contribution in [0.5, 0.6) is 11.9 Å². The Morgan fingerprint density at radius 1 is 1.29 bits per heavy atom. The van der Waals surface area contributed by atoms with Crippen molar-refractivity contribution < 1.29 is 27.8 Å². The molecule has 2 N–H and O–H groups in total. The first-order chi connectivity index (χ1) is 23.2. The van der Waals surface area contributed by atoms with E-state index in [2.05, 4.69) is 26.4 Å². The fraction of sp³-hybridized carbons (Fsp3) is 0.424. The standard InChI is InChI=1S/C26H22ClFN6O4S.C7H12FN/c1-4-18(35)34-8-7-17(16(34)11-36-2)38-25-14-10-31-21(20(27)22(14)32-26(33-25)37-3)12-5-6-15(28)23-19(12)13(9-29)24(30)39-23;8-6-4-7-2-1-3-9(7)5-6/h4-6,10,16-17H,1,7-8,11,30H2,2-3H3;6-7H,1-5H2. The van der Waals surface area contributed by atoms with Gasteiger partial charge < -0.3 is 24.8 Å². The largest absolute Gasteiger partial charge is 0.471 e. The lowest BCUT2D eigenvalue weighted by Gasteiger charge is -2.27. The van der Waals surface area contributed by atoms with E-state index in [1.54, 1.807) is 12.0 Å². The maximum atomic E-state index is 14.6. The number of anilines is 1. The van der Waals surface area contributed by atoms with Crippen molar-refractivity contribution >= 4 is 54.8 Å². The molecule has 0 aliphatic carbocycles. The van der Waals surface area contributed by atoms with E-state index < -0.39 is 18.1 Å². The van der Waals surface area contributed by atoms with Crippen LogP contribution >= 0.6 is 22.9 Å². The van der Waals surface area contributed by atoms with E-state index in [0.717, 1.165) is 24.3 Å². The molecule has 1 aromatic carbocycles. The molecule has 15 heteroatoms. The summed E-state index contributed by atoms with van der Waals surface area (Å²) < 4.78 is 44.4. The van der Waals surface area contributed by atoms with Crippen molar-refractivity contribution in [3.8, 4) is 29.2 Å². The Bertz CT molecular complexity index is 1910. The minimum Gasteiger partial charge on any atom is -0.471 e. The Morgan fingerprint density at radius 3 is 2.81 bits per heavy atom. The molecule has 1 amide bonds. The summed E-state index contributed by atoms with van der Waals surface area (Å²) in [6.07, 6.45) is 5.65. The van der Waals surface area contributed by atoms with Crippen molar-refractivity contribution in [3.63, 3.8) is 0 Å². The number of thiophene rings is 1. The predicted octanol–water partition coefficient (Wildman–Crippen LogP) is 5.53. The minimum atomic E-state index is -0.518. The lowest BCUT2D eigenvalue weighted by molar-refractivity contribution is -0.128. The number of ether oxygens (including phenoxy) is 3. The molecule has 0 bridgehead atoms. The molecule has 0 spiro atoms. The molecule has 11 nitrogen and oxygen atoms in total. The number of methoxy groups -OCH3 is 2. The number of carbonyl (C=O) groups excluding carboxylic acids is 1. The first-order valence-corrected chi connectivity index (χ1v) is 16.7. The van der Waals surface area contributed by atoms with Crippen molar-refractivity contribution in [1.82, 2.24) is 24.8 Å². The Kier molecular flexibility index (Phi) is 9.93. The maximum absolute atomic E-state index is 14.6. The van der Waals surface area contributed by atoms with Gasteiger partial charge in [0.15, 0.2) is 0 Å². The number of likely N-dealkylation sites (tertiary alicyclic amines) is 1. The molecule has 0 saturated carbocycles. The van der Waals surface area contributed by atoms with Crippen molar-refractivity contribution in [2.75, 3.05) is 46.2 Å². The fourth-order valence-electron chi connectivity index (χ4n) is 6.77. The first kappa shape index (κ1) is 33.7. The molecule has 0 radical (unpaired) electrons. The summed E-state index contributed by atoms with van der Waals surface area (Å²) in [5.41, 5.74) is 7.13. The second kappa shape index (κ2) is 14.1. The minimum absolute atomic E-state index is 0.00129. The zero-order valence-corrected chi connectivity index (χ0v) is 28.0. The van der Waals surface area contributed by atoms with Crippen LogP contribution < -0.4 is 15.2 Å². The van der Waals surface area contributed by atoms with Gasteiger partial charge in [0.1, 0.15) is 34.7 Å². The highest BCUT2D eigenvalue weighted by atomic mass is 35.5. The summed E-state index contributed by atoms with van der Waals surface area (Å²) >= 11 is 7.83. The average molecular weight is 698 g/mol. The van der Waals surface area contributed by atoms with Gasteiger partial charge in [-0.05, 0) is 44.0 Å². The number of nitriles is 1. The molecule has 4 unspecified atom stereocenters. The van der Waals surface area contributed by atoms with Crippen LogP contribution in [0.25, 0.3) is 32.2 Å². The second-order valence-electron chi connectivity index (χ2n) is 11.8. The third-order valence-corrected chi connectivity index (χ3v) is 10.4. The van der Waals surface area contributed by atoms with Gasteiger partial charge in [-0.2, -0.15) is 15.2 Å². The number of amides is 1. The number of nitrogens with two attached hydrogens (primary N) is 1. The number of nitrogen functional groups attached to an aromatic ring is 1. The average Bonchev–Trinajstić information content (AvgIpc) is 3.85. The van der Waals surface area contributed by atoms with Crippen LogP contribution in [0.1, 0.15) is 31.2 Å². The van der Waals surface area contributed by atoms with Crippen molar-refractivity contribution in [1.29, 1.82) is 5.26 Å². The lowest BCUT2D eigenvalue weighted by Crippen LogP contribution is -2.43. The van der Waals surface area contributed by atoms with Gasteiger partial charge in [0, 0.05) is 49.8 Å². The Labute approximate surface area is 284 Å². The zero-order valence-electron chi connectivity index (χ0n) is 26.4. The fourth-order valence-corrected chi connectivity index (χ4v) is 8.01. The number of hydrogen-bond donors (Lipinski definition) is 1. The Balaban J connectivity index is 0.000000381. The summed E-state index contributed by atoms with van der Waals surface area (Å²) in [4.78, 5) is 29.6. The van der Waals surface area contributed by atoms with Crippen LogP contribution in [0.15, 0.2) is 31.0 Å². The molecular formula is C33H34ClF2N7O4S. The molecule has 6 heterocycles. The number of aromatic nitrogens is 3. The molecule has 4 atom stereocenters. The number of rotatable bonds is 7. The van der Waals surface area contributed by atoms with Crippen LogP contribution in [-0.2, 0) is 9.53 Å². The van der Waals surface area contributed by atoms with E-state index in [-0.39, 0.29) is 61.9 Å². The number of pyridine rings is 1. The van der Waals surface area contributed by atoms with E-state index >= 15 is 0 Å². The van der Waals surface area contributed by atoms with Gasteiger partial charge in [-0.25, -0.2) is 8.78 Å². The normalized spacial score (nSPS) is 22.0. The molecule has 3 aliphatic rings. The molecule has 3 saturated heterocycles. The van der Waals surface area contributed by atoms with E-state index in [1.807, 2.05) is 6.07 Å².